The summed E-state index contributed by atoms with van der Waals surface area (Å²) in [6, 6.07) is 3.89. The summed E-state index contributed by atoms with van der Waals surface area (Å²) >= 11 is 0. The summed E-state index contributed by atoms with van der Waals surface area (Å²) in [4.78, 5) is 14.5. The summed E-state index contributed by atoms with van der Waals surface area (Å²) in [6.07, 6.45) is 2.36. The van der Waals surface area contributed by atoms with Crippen molar-refractivity contribution in [2.24, 2.45) is 5.92 Å². The zero-order valence-corrected chi connectivity index (χ0v) is 12.8. The predicted octanol–water partition coefficient (Wildman–Crippen LogP) is 2.43. The number of amides is 1. The van der Waals surface area contributed by atoms with E-state index in [0.29, 0.717) is 38.3 Å². The third-order valence-electron chi connectivity index (χ3n) is 5.02. The molecule has 6 heteroatoms. The van der Waals surface area contributed by atoms with Gasteiger partial charge < -0.3 is 14.4 Å². The number of ether oxygens (including phenoxy) is 2. The maximum Gasteiger partial charge on any atom is 0.226 e. The Morgan fingerprint density at radius 1 is 1.22 bits per heavy atom. The number of carbonyl (C=O) groups is 1. The van der Waals surface area contributed by atoms with Crippen LogP contribution < -0.4 is 0 Å². The summed E-state index contributed by atoms with van der Waals surface area (Å²) < 4.78 is 37.8. The molecule has 0 N–H and O–H groups in total. The van der Waals surface area contributed by atoms with E-state index in [0.717, 1.165) is 18.9 Å². The Labute approximate surface area is 133 Å². The number of halogens is 2. The highest BCUT2D eigenvalue weighted by Gasteiger charge is 2.49. The van der Waals surface area contributed by atoms with E-state index in [1.54, 1.807) is 11.0 Å². The lowest BCUT2D eigenvalue weighted by Gasteiger charge is -2.38. The minimum Gasteiger partial charge on any atom is -0.346 e. The molecule has 2 heterocycles. The van der Waals surface area contributed by atoms with Crippen LogP contribution in [-0.4, -0.2) is 42.9 Å². The SMILES string of the molecule is O=C([C@H]1C[C@H]1c1ccc(F)c(F)c1)N1CCCC2(C1)OCCO2. The molecule has 1 spiro atoms. The molecule has 0 radical (unpaired) electrons. The molecule has 1 aromatic rings. The molecule has 3 fully saturated rings. The number of benzene rings is 1. The molecule has 4 rings (SSSR count). The normalized spacial score (nSPS) is 29.0. The number of hydrogen-bond acceptors (Lipinski definition) is 3. The zero-order chi connectivity index (χ0) is 16.0. The third-order valence-corrected chi connectivity index (χ3v) is 5.02. The van der Waals surface area contributed by atoms with Gasteiger partial charge in [0.15, 0.2) is 17.4 Å². The fraction of sp³-hybridized carbons (Fsp3) is 0.588. The fourth-order valence-corrected chi connectivity index (χ4v) is 3.72. The van der Waals surface area contributed by atoms with Gasteiger partial charge in [-0.3, -0.25) is 4.79 Å². The van der Waals surface area contributed by atoms with E-state index in [1.165, 1.54) is 6.07 Å². The van der Waals surface area contributed by atoms with Gasteiger partial charge in [0.25, 0.3) is 0 Å². The maximum atomic E-state index is 13.3. The van der Waals surface area contributed by atoms with Crippen LogP contribution in [0.4, 0.5) is 8.78 Å². The Morgan fingerprint density at radius 2 is 2.00 bits per heavy atom. The zero-order valence-electron chi connectivity index (χ0n) is 12.8. The first-order valence-corrected chi connectivity index (χ1v) is 8.10. The van der Waals surface area contributed by atoms with Gasteiger partial charge >= 0.3 is 0 Å². The molecule has 4 nitrogen and oxygen atoms in total. The van der Waals surface area contributed by atoms with E-state index >= 15 is 0 Å². The van der Waals surface area contributed by atoms with E-state index in [-0.39, 0.29) is 17.7 Å². The number of nitrogens with zero attached hydrogens (tertiary/aromatic N) is 1. The minimum atomic E-state index is -0.856. The molecule has 2 atom stereocenters. The molecule has 0 unspecified atom stereocenters. The maximum absolute atomic E-state index is 13.3. The number of hydrogen-bond donors (Lipinski definition) is 0. The van der Waals surface area contributed by atoms with E-state index in [9.17, 15) is 13.6 Å². The lowest BCUT2D eigenvalue weighted by molar-refractivity contribution is -0.193. The second-order valence-electron chi connectivity index (χ2n) is 6.59. The van der Waals surface area contributed by atoms with Gasteiger partial charge in [-0.2, -0.15) is 0 Å². The average molecular weight is 323 g/mol. The van der Waals surface area contributed by atoms with Crippen LogP contribution in [0.3, 0.4) is 0 Å². The van der Waals surface area contributed by atoms with Crippen LogP contribution in [0.5, 0.6) is 0 Å². The molecule has 23 heavy (non-hydrogen) atoms. The number of rotatable bonds is 2. The molecular weight excluding hydrogens is 304 g/mol. The number of likely N-dealkylation sites (tertiary alicyclic amines) is 1. The number of carbonyl (C=O) groups excluding carboxylic acids is 1. The molecule has 1 aromatic carbocycles. The van der Waals surface area contributed by atoms with Crippen molar-refractivity contribution in [3.05, 3.63) is 35.4 Å². The molecule has 2 aliphatic heterocycles. The molecule has 1 aliphatic carbocycles. The van der Waals surface area contributed by atoms with Crippen molar-refractivity contribution in [3.8, 4) is 0 Å². The Hall–Kier alpha value is -1.53. The van der Waals surface area contributed by atoms with Crippen molar-refractivity contribution in [2.75, 3.05) is 26.3 Å². The first-order valence-electron chi connectivity index (χ1n) is 8.10. The fourth-order valence-electron chi connectivity index (χ4n) is 3.72. The molecule has 0 bridgehead atoms. The molecule has 0 aromatic heterocycles. The van der Waals surface area contributed by atoms with E-state index in [1.807, 2.05) is 0 Å². The summed E-state index contributed by atoms with van der Waals surface area (Å²) in [5, 5.41) is 0. The van der Waals surface area contributed by atoms with Crippen LogP contribution in [0.2, 0.25) is 0 Å². The van der Waals surface area contributed by atoms with Gasteiger partial charge in [0.2, 0.25) is 5.91 Å². The minimum absolute atomic E-state index is 0.0131. The Balaban J connectivity index is 1.43. The van der Waals surface area contributed by atoms with Gasteiger partial charge in [-0.05, 0) is 36.5 Å². The van der Waals surface area contributed by atoms with Crippen molar-refractivity contribution in [2.45, 2.75) is 31.0 Å². The standard InChI is InChI=1S/C17H19F2NO3/c18-14-3-2-11(8-15(14)19)12-9-13(12)16(21)20-5-1-4-17(10-20)22-6-7-23-17/h2-3,8,12-13H,1,4-7,9-10H2/t12-,13-/m0/s1. The van der Waals surface area contributed by atoms with Crippen LogP contribution in [0.1, 0.15) is 30.7 Å². The Bertz CT molecular complexity index is 630. The summed E-state index contributed by atoms with van der Waals surface area (Å²) in [5.41, 5.74) is 0.697. The first kappa shape index (κ1) is 15.0. The quantitative estimate of drug-likeness (QED) is 0.839. The van der Waals surface area contributed by atoms with Crippen molar-refractivity contribution in [1.29, 1.82) is 0 Å². The molecule has 3 aliphatic rings. The van der Waals surface area contributed by atoms with E-state index in [2.05, 4.69) is 0 Å². The van der Waals surface area contributed by atoms with Gasteiger partial charge in [0.05, 0.1) is 19.8 Å². The molecular formula is C17H19F2NO3. The van der Waals surface area contributed by atoms with Crippen molar-refractivity contribution in [1.82, 2.24) is 4.90 Å². The van der Waals surface area contributed by atoms with Gasteiger partial charge in [-0.15, -0.1) is 0 Å². The van der Waals surface area contributed by atoms with Crippen LogP contribution in [0.25, 0.3) is 0 Å². The topological polar surface area (TPSA) is 38.8 Å². The van der Waals surface area contributed by atoms with Crippen molar-refractivity contribution in [3.63, 3.8) is 0 Å². The summed E-state index contributed by atoms with van der Waals surface area (Å²) in [7, 11) is 0. The Morgan fingerprint density at radius 3 is 2.74 bits per heavy atom. The third kappa shape index (κ3) is 2.74. The lowest BCUT2D eigenvalue weighted by atomic mass is 10.0. The average Bonchev–Trinajstić information content (AvgIpc) is 3.24. The largest absolute Gasteiger partial charge is 0.346 e. The van der Waals surface area contributed by atoms with E-state index in [4.69, 9.17) is 9.47 Å². The predicted molar refractivity (Wildman–Crippen MR) is 77.7 cm³/mol. The van der Waals surface area contributed by atoms with Gasteiger partial charge in [0.1, 0.15) is 0 Å². The highest BCUT2D eigenvalue weighted by molar-refractivity contribution is 5.83. The van der Waals surface area contributed by atoms with Crippen LogP contribution in [0, 0.1) is 17.6 Å². The smallest absolute Gasteiger partial charge is 0.226 e. The van der Waals surface area contributed by atoms with Crippen LogP contribution >= 0.6 is 0 Å². The first-order chi connectivity index (χ1) is 11.1. The highest BCUT2D eigenvalue weighted by Crippen LogP contribution is 2.49. The lowest BCUT2D eigenvalue weighted by Crippen LogP contribution is -2.51. The Kier molecular flexibility index (Phi) is 3.61. The van der Waals surface area contributed by atoms with Crippen molar-refractivity contribution < 1.29 is 23.0 Å². The van der Waals surface area contributed by atoms with Crippen molar-refractivity contribution >= 4 is 5.91 Å². The van der Waals surface area contributed by atoms with Crippen LogP contribution in [0.15, 0.2) is 18.2 Å². The molecule has 2 saturated heterocycles. The summed E-state index contributed by atoms with van der Waals surface area (Å²) in [6.45, 7) is 2.31. The summed E-state index contributed by atoms with van der Waals surface area (Å²) in [5.74, 6) is -2.42. The van der Waals surface area contributed by atoms with Gasteiger partial charge in [-0.1, -0.05) is 6.07 Å². The van der Waals surface area contributed by atoms with Gasteiger partial charge in [-0.25, -0.2) is 8.78 Å². The monoisotopic (exact) mass is 323 g/mol. The molecule has 1 amide bonds. The molecule has 1 saturated carbocycles. The second kappa shape index (κ2) is 5.53. The van der Waals surface area contributed by atoms with E-state index < -0.39 is 17.4 Å². The van der Waals surface area contributed by atoms with Gasteiger partial charge in [0, 0.05) is 18.9 Å². The molecule has 124 valence electrons. The second-order valence-corrected chi connectivity index (χ2v) is 6.59. The van der Waals surface area contributed by atoms with Crippen LogP contribution in [-0.2, 0) is 14.3 Å². The highest BCUT2D eigenvalue weighted by atomic mass is 19.2. The number of piperidine rings is 1.